The fourth-order valence-electron chi connectivity index (χ4n) is 2.42. The van der Waals surface area contributed by atoms with Crippen molar-refractivity contribution in [1.82, 2.24) is 4.98 Å². The highest BCUT2D eigenvalue weighted by atomic mass is 79.9. The van der Waals surface area contributed by atoms with Gasteiger partial charge in [-0.05, 0) is 34.7 Å². The molecule has 0 saturated carbocycles. The van der Waals surface area contributed by atoms with Gasteiger partial charge in [-0.1, -0.05) is 0 Å². The van der Waals surface area contributed by atoms with Crippen molar-refractivity contribution < 1.29 is 4.74 Å². The molecule has 2 heterocycles. The smallest absolute Gasteiger partial charge is 0.0776 e. The van der Waals surface area contributed by atoms with Crippen molar-refractivity contribution in [3.05, 3.63) is 16.9 Å². The van der Waals surface area contributed by atoms with Crippen LogP contribution in [0, 0.1) is 5.92 Å². The number of methoxy groups -OCH3 is 1. The number of halogens is 1. The molecule has 0 radical (unpaired) electrons. The standard InChI is InChI=1S/C12H18BrN3O/c1-17-8-9-3-2-4-16(7-9)12-10(13)5-15-6-11(12)14/h5-6,9H,2-4,7-8,14H2,1H3. The Hall–Kier alpha value is -0.810. The Morgan fingerprint density at radius 1 is 1.59 bits per heavy atom. The predicted molar refractivity (Wildman–Crippen MR) is 73.2 cm³/mol. The zero-order valence-electron chi connectivity index (χ0n) is 10.0. The van der Waals surface area contributed by atoms with Crippen LogP contribution in [0.3, 0.4) is 0 Å². The normalized spacial score (nSPS) is 20.6. The van der Waals surface area contributed by atoms with E-state index < -0.39 is 0 Å². The SMILES string of the molecule is COCC1CCCN(c2c(N)cncc2Br)C1. The van der Waals surface area contributed by atoms with Crippen molar-refractivity contribution in [2.75, 3.05) is 37.4 Å². The number of rotatable bonds is 3. The van der Waals surface area contributed by atoms with Crippen LogP contribution in [-0.2, 0) is 4.74 Å². The molecule has 1 aliphatic rings. The second-order valence-electron chi connectivity index (χ2n) is 4.47. The number of nitrogens with zero attached hydrogens (tertiary/aromatic N) is 2. The van der Waals surface area contributed by atoms with Gasteiger partial charge in [-0.2, -0.15) is 0 Å². The van der Waals surface area contributed by atoms with Crippen molar-refractivity contribution in [2.45, 2.75) is 12.8 Å². The van der Waals surface area contributed by atoms with Gasteiger partial charge >= 0.3 is 0 Å². The largest absolute Gasteiger partial charge is 0.396 e. The van der Waals surface area contributed by atoms with Crippen LogP contribution in [-0.4, -0.2) is 31.8 Å². The minimum Gasteiger partial charge on any atom is -0.396 e. The Kier molecular flexibility index (Phi) is 4.23. The number of aromatic nitrogens is 1. The maximum atomic E-state index is 6.01. The fourth-order valence-corrected chi connectivity index (χ4v) is 3.01. The predicted octanol–water partition coefficient (Wildman–Crippen LogP) is 2.29. The number of nitrogens with two attached hydrogens (primary N) is 1. The minimum absolute atomic E-state index is 0.591. The zero-order valence-corrected chi connectivity index (χ0v) is 11.6. The Labute approximate surface area is 110 Å². The molecule has 5 heteroatoms. The van der Waals surface area contributed by atoms with E-state index in [0.717, 1.165) is 35.5 Å². The highest BCUT2D eigenvalue weighted by Gasteiger charge is 2.22. The van der Waals surface area contributed by atoms with Gasteiger partial charge < -0.3 is 15.4 Å². The van der Waals surface area contributed by atoms with E-state index in [-0.39, 0.29) is 0 Å². The lowest BCUT2D eigenvalue weighted by Crippen LogP contribution is -2.37. The molecule has 17 heavy (non-hydrogen) atoms. The molecular formula is C12H18BrN3O. The van der Waals surface area contributed by atoms with Crippen LogP contribution in [0.5, 0.6) is 0 Å². The molecule has 0 bridgehead atoms. The summed E-state index contributed by atoms with van der Waals surface area (Å²) in [5.41, 5.74) is 7.81. The van der Waals surface area contributed by atoms with Crippen molar-refractivity contribution in [3.63, 3.8) is 0 Å². The Balaban J connectivity index is 2.16. The first kappa shape index (κ1) is 12.6. The van der Waals surface area contributed by atoms with E-state index in [1.165, 1.54) is 12.8 Å². The first-order chi connectivity index (χ1) is 8.22. The highest BCUT2D eigenvalue weighted by molar-refractivity contribution is 9.10. The molecule has 1 unspecified atom stereocenters. The van der Waals surface area contributed by atoms with Gasteiger partial charge in [-0.25, -0.2) is 0 Å². The summed E-state index contributed by atoms with van der Waals surface area (Å²) in [5.74, 6) is 0.591. The second kappa shape index (κ2) is 5.69. The Morgan fingerprint density at radius 3 is 3.12 bits per heavy atom. The quantitative estimate of drug-likeness (QED) is 0.930. The van der Waals surface area contributed by atoms with E-state index in [1.54, 1.807) is 19.5 Å². The van der Waals surface area contributed by atoms with Gasteiger partial charge in [0.1, 0.15) is 0 Å². The van der Waals surface area contributed by atoms with Crippen LogP contribution >= 0.6 is 15.9 Å². The number of ether oxygens (including phenoxy) is 1. The molecule has 1 saturated heterocycles. The lowest BCUT2D eigenvalue weighted by Gasteiger charge is -2.35. The first-order valence-corrected chi connectivity index (χ1v) is 6.64. The molecule has 1 fully saturated rings. The van der Waals surface area contributed by atoms with E-state index in [1.807, 2.05) is 0 Å². The van der Waals surface area contributed by atoms with Gasteiger partial charge in [0.2, 0.25) is 0 Å². The molecule has 0 aliphatic carbocycles. The molecule has 94 valence electrons. The first-order valence-electron chi connectivity index (χ1n) is 5.85. The molecule has 2 rings (SSSR count). The third-order valence-electron chi connectivity index (χ3n) is 3.14. The summed E-state index contributed by atoms with van der Waals surface area (Å²) >= 11 is 3.53. The monoisotopic (exact) mass is 299 g/mol. The van der Waals surface area contributed by atoms with Crippen LogP contribution in [0.15, 0.2) is 16.9 Å². The van der Waals surface area contributed by atoms with Crippen molar-refractivity contribution >= 4 is 27.3 Å². The van der Waals surface area contributed by atoms with E-state index in [9.17, 15) is 0 Å². The maximum absolute atomic E-state index is 6.01. The van der Waals surface area contributed by atoms with Gasteiger partial charge in [-0.15, -0.1) is 0 Å². The topological polar surface area (TPSA) is 51.4 Å². The van der Waals surface area contributed by atoms with Crippen LogP contribution in [0.2, 0.25) is 0 Å². The van der Waals surface area contributed by atoms with E-state index >= 15 is 0 Å². The number of nitrogen functional groups attached to an aromatic ring is 1. The average molecular weight is 300 g/mol. The number of hydrogen-bond donors (Lipinski definition) is 1. The number of anilines is 2. The molecule has 1 aliphatic heterocycles. The maximum Gasteiger partial charge on any atom is 0.0776 e. The minimum atomic E-state index is 0.591. The molecule has 0 amide bonds. The van der Waals surface area contributed by atoms with Gasteiger partial charge in [-0.3, -0.25) is 4.98 Å². The Bertz CT molecular complexity index is 364. The fraction of sp³-hybridized carbons (Fsp3) is 0.583. The van der Waals surface area contributed by atoms with Crippen LogP contribution in [0.1, 0.15) is 12.8 Å². The van der Waals surface area contributed by atoms with Gasteiger partial charge in [0, 0.05) is 26.4 Å². The summed E-state index contributed by atoms with van der Waals surface area (Å²) < 4.78 is 6.21. The average Bonchev–Trinajstić information content (AvgIpc) is 2.30. The molecule has 1 atom stereocenters. The van der Waals surface area contributed by atoms with Crippen LogP contribution < -0.4 is 10.6 Å². The molecule has 2 N–H and O–H groups in total. The summed E-state index contributed by atoms with van der Waals surface area (Å²) in [5, 5.41) is 0. The lowest BCUT2D eigenvalue weighted by atomic mass is 9.98. The van der Waals surface area contributed by atoms with Gasteiger partial charge in [0.25, 0.3) is 0 Å². The van der Waals surface area contributed by atoms with Crippen molar-refractivity contribution in [2.24, 2.45) is 5.92 Å². The molecule has 0 aromatic carbocycles. The van der Waals surface area contributed by atoms with Crippen LogP contribution in [0.4, 0.5) is 11.4 Å². The third-order valence-corrected chi connectivity index (χ3v) is 3.72. The summed E-state index contributed by atoms with van der Waals surface area (Å²) in [6.45, 7) is 2.87. The van der Waals surface area contributed by atoms with Gasteiger partial charge in [0.15, 0.2) is 0 Å². The molecule has 0 spiro atoms. The highest BCUT2D eigenvalue weighted by Crippen LogP contribution is 2.34. The van der Waals surface area contributed by atoms with Crippen molar-refractivity contribution in [3.8, 4) is 0 Å². The Morgan fingerprint density at radius 2 is 2.41 bits per heavy atom. The van der Waals surface area contributed by atoms with E-state index in [4.69, 9.17) is 10.5 Å². The van der Waals surface area contributed by atoms with E-state index in [2.05, 4.69) is 25.8 Å². The molecule has 1 aromatic heterocycles. The van der Waals surface area contributed by atoms with Crippen molar-refractivity contribution in [1.29, 1.82) is 0 Å². The number of pyridine rings is 1. The summed E-state index contributed by atoms with van der Waals surface area (Å²) in [6, 6.07) is 0. The summed E-state index contributed by atoms with van der Waals surface area (Å²) in [4.78, 5) is 6.40. The van der Waals surface area contributed by atoms with Crippen LogP contribution in [0.25, 0.3) is 0 Å². The number of hydrogen-bond acceptors (Lipinski definition) is 4. The second-order valence-corrected chi connectivity index (χ2v) is 5.32. The molecular weight excluding hydrogens is 282 g/mol. The summed E-state index contributed by atoms with van der Waals surface area (Å²) in [6.07, 6.45) is 5.92. The summed E-state index contributed by atoms with van der Waals surface area (Å²) in [7, 11) is 1.76. The zero-order chi connectivity index (χ0) is 12.3. The number of piperidine rings is 1. The van der Waals surface area contributed by atoms with E-state index in [0.29, 0.717) is 5.92 Å². The lowest BCUT2D eigenvalue weighted by molar-refractivity contribution is 0.143. The van der Waals surface area contributed by atoms with Gasteiger partial charge in [0.05, 0.1) is 28.7 Å². The molecule has 1 aromatic rings. The third kappa shape index (κ3) is 2.90. The molecule has 4 nitrogen and oxygen atoms in total.